The molecule has 4 aromatic rings. The smallest absolute Gasteiger partial charge is 0.230 e. The standard InChI is InChI=1S/C24H21Cl2N5OS/c1-16-5-7-17(8-6-16)23-29-30-24(31(23)19-9-10-20(25)21(26)14-19)33-15-22(32)28-13-11-18-4-2-3-12-27-18/h2-10,12,14H,11,13,15H2,1H3,(H,28,32). The molecule has 0 aliphatic heterocycles. The molecule has 0 bridgehead atoms. The Bertz CT molecular complexity index is 1250. The van der Waals surface area contributed by atoms with Crippen LogP contribution in [0.15, 0.2) is 72.0 Å². The molecule has 168 valence electrons. The van der Waals surface area contributed by atoms with Crippen molar-refractivity contribution in [3.05, 3.63) is 88.2 Å². The largest absolute Gasteiger partial charge is 0.355 e. The first-order valence-corrected chi connectivity index (χ1v) is 12.0. The molecule has 0 aliphatic carbocycles. The van der Waals surface area contributed by atoms with Gasteiger partial charge in [-0.1, -0.05) is 70.9 Å². The molecule has 2 aromatic carbocycles. The van der Waals surface area contributed by atoms with E-state index in [1.165, 1.54) is 11.8 Å². The molecule has 0 saturated carbocycles. The van der Waals surface area contributed by atoms with Crippen LogP contribution >= 0.6 is 35.0 Å². The van der Waals surface area contributed by atoms with Gasteiger partial charge in [-0.2, -0.15) is 0 Å². The lowest BCUT2D eigenvalue weighted by molar-refractivity contribution is -0.118. The fraction of sp³-hybridized carbons (Fsp3) is 0.167. The van der Waals surface area contributed by atoms with Crippen LogP contribution in [0.1, 0.15) is 11.3 Å². The molecule has 0 unspecified atom stereocenters. The zero-order valence-corrected chi connectivity index (χ0v) is 20.2. The van der Waals surface area contributed by atoms with Crippen molar-refractivity contribution in [3.8, 4) is 17.1 Å². The van der Waals surface area contributed by atoms with Crippen molar-refractivity contribution >= 4 is 40.9 Å². The first-order valence-electron chi connectivity index (χ1n) is 10.3. The van der Waals surface area contributed by atoms with Crippen molar-refractivity contribution < 1.29 is 4.79 Å². The summed E-state index contributed by atoms with van der Waals surface area (Å²) in [6.45, 7) is 2.55. The molecule has 33 heavy (non-hydrogen) atoms. The third-order valence-electron chi connectivity index (χ3n) is 4.87. The van der Waals surface area contributed by atoms with E-state index in [4.69, 9.17) is 23.2 Å². The van der Waals surface area contributed by atoms with Crippen LogP contribution in [-0.4, -0.2) is 38.0 Å². The molecular weight excluding hydrogens is 477 g/mol. The number of thioether (sulfide) groups is 1. The van der Waals surface area contributed by atoms with Gasteiger partial charge in [0.1, 0.15) is 0 Å². The number of nitrogens with zero attached hydrogens (tertiary/aromatic N) is 4. The summed E-state index contributed by atoms with van der Waals surface area (Å²) in [6.07, 6.45) is 2.42. The SMILES string of the molecule is Cc1ccc(-c2nnc(SCC(=O)NCCc3ccccn3)n2-c2ccc(Cl)c(Cl)c2)cc1. The molecule has 0 saturated heterocycles. The van der Waals surface area contributed by atoms with Crippen LogP contribution in [0.5, 0.6) is 0 Å². The Morgan fingerprint density at radius 2 is 1.85 bits per heavy atom. The van der Waals surface area contributed by atoms with E-state index in [2.05, 4.69) is 20.5 Å². The molecule has 9 heteroatoms. The summed E-state index contributed by atoms with van der Waals surface area (Å²) in [5.41, 5.74) is 3.76. The average molecular weight is 498 g/mol. The number of halogens is 2. The number of pyridine rings is 1. The Labute approximate surface area is 206 Å². The minimum absolute atomic E-state index is 0.0866. The van der Waals surface area contributed by atoms with Gasteiger partial charge in [0.2, 0.25) is 5.91 Å². The number of rotatable bonds is 8. The summed E-state index contributed by atoms with van der Waals surface area (Å²) in [5, 5.41) is 13.2. The molecule has 0 aliphatic rings. The highest BCUT2D eigenvalue weighted by Crippen LogP contribution is 2.31. The van der Waals surface area contributed by atoms with Gasteiger partial charge >= 0.3 is 0 Å². The first-order chi connectivity index (χ1) is 16.0. The van der Waals surface area contributed by atoms with Crippen LogP contribution in [0, 0.1) is 6.92 Å². The highest BCUT2D eigenvalue weighted by Gasteiger charge is 2.18. The summed E-state index contributed by atoms with van der Waals surface area (Å²) >= 11 is 13.7. The molecule has 2 heterocycles. The Balaban J connectivity index is 1.51. The Morgan fingerprint density at radius 1 is 1.03 bits per heavy atom. The zero-order valence-electron chi connectivity index (χ0n) is 17.8. The van der Waals surface area contributed by atoms with Gasteiger partial charge in [-0.05, 0) is 37.3 Å². The van der Waals surface area contributed by atoms with Gasteiger partial charge in [-0.25, -0.2) is 0 Å². The van der Waals surface area contributed by atoms with E-state index in [-0.39, 0.29) is 11.7 Å². The minimum Gasteiger partial charge on any atom is -0.355 e. The molecule has 1 amide bonds. The number of aromatic nitrogens is 4. The number of aryl methyl sites for hydroxylation is 1. The predicted octanol–water partition coefficient (Wildman–Crippen LogP) is 5.40. The van der Waals surface area contributed by atoms with E-state index in [0.717, 1.165) is 22.5 Å². The molecule has 0 radical (unpaired) electrons. The van der Waals surface area contributed by atoms with E-state index in [1.807, 2.05) is 60.0 Å². The second-order valence-electron chi connectivity index (χ2n) is 7.32. The predicted molar refractivity (Wildman–Crippen MR) is 133 cm³/mol. The molecule has 1 N–H and O–H groups in total. The summed E-state index contributed by atoms with van der Waals surface area (Å²) in [6, 6.07) is 19.1. The van der Waals surface area contributed by atoms with E-state index in [1.54, 1.807) is 18.3 Å². The number of benzene rings is 2. The van der Waals surface area contributed by atoms with Gasteiger partial charge in [0, 0.05) is 30.4 Å². The van der Waals surface area contributed by atoms with Crippen LogP contribution < -0.4 is 5.32 Å². The molecule has 6 nitrogen and oxygen atoms in total. The molecule has 2 aromatic heterocycles. The lowest BCUT2D eigenvalue weighted by atomic mass is 10.1. The molecular formula is C24H21Cl2N5OS. The van der Waals surface area contributed by atoms with E-state index < -0.39 is 0 Å². The van der Waals surface area contributed by atoms with Gasteiger partial charge in [0.25, 0.3) is 0 Å². The molecule has 0 fully saturated rings. The van der Waals surface area contributed by atoms with Crippen LogP contribution in [0.3, 0.4) is 0 Å². The van der Waals surface area contributed by atoms with Crippen molar-refractivity contribution in [1.82, 2.24) is 25.1 Å². The fourth-order valence-corrected chi connectivity index (χ4v) is 4.24. The van der Waals surface area contributed by atoms with Crippen LogP contribution in [0.25, 0.3) is 17.1 Å². The quantitative estimate of drug-likeness (QED) is 0.330. The number of carbonyl (C=O) groups is 1. The molecule has 4 rings (SSSR count). The topological polar surface area (TPSA) is 72.7 Å². The maximum absolute atomic E-state index is 12.4. The zero-order chi connectivity index (χ0) is 23.2. The van der Waals surface area contributed by atoms with Crippen molar-refractivity contribution in [1.29, 1.82) is 0 Å². The number of nitrogens with one attached hydrogen (secondary N) is 1. The number of hydrogen-bond donors (Lipinski definition) is 1. The van der Waals surface area contributed by atoms with Gasteiger partial charge in [0.05, 0.1) is 21.5 Å². The summed E-state index contributed by atoms with van der Waals surface area (Å²) < 4.78 is 1.89. The monoisotopic (exact) mass is 497 g/mol. The van der Waals surface area contributed by atoms with Gasteiger partial charge < -0.3 is 5.32 Å². The minimum atomic E-state index is -0.0866. The highest BCUT2D eigenvalue weighted by atomic mass is 35.5. The first kappa shape index (κ1) is 23.3. The molecule has 0 spiro atoms. The van der Waals surface area contributed by atoms with Gasteiger partial charge in [-0.3, -0.25) is 14.3 Å². The van der Waals surface area contributed by atoms with Crippen molar-refractivity contribution in [3.63, 3.8) is 0 Å². The Kier molecular flexibility index (Phi) is 7.65. The fourth-order valence-electron chi connectivity index (χ4n) is 3.17. The van der Waals surface area contributed by atoms with Crippen LogP contribution in [0.4, 0.5) is 0 Å². The van der Waals surface area contributed by atoms with Crippen molar-refractivity contribution in [2.24, 2.45) is 0 Å². The Morgan fingerprint density at radius 3 is 2.58 bits per heavy atom. The van der Waals surface area contributed by atoms with Gasteiger partial charge in [0.15, 0.2) is 11.0 Å². The average Bonchev–Trinajstić information content (AvgIpc) is 3.24. The second kappa shape index (κ2) is 10.8. The number of hydrogen-bond acceptors (Lipinski definition) is 5. The third kappa shape index (κ3) is 5.93. The highest BCUT2D eigenvalue weighted by molar-refractivity contribution is 7.99. The van der Waals surface area contributed by atoms with Crippen molar-refractivity contribution in [2.45, 2.75) is 18.5 Å². The Hall–Kier alpha value is -2.87. The lowest BCUT2D eigenvalue weighted by Gasteiger charge is -2.11. The van der Waals surface area contributed by atoms with Crippen LogP contribution in [-0.2, 0) is 11.2 Å². The van der Waals surface area contributed by atoms with Crippen molar-refractivity contribution in [2.75, 3.05) is 12.3 Å². The van der Waals surface area contributed by atoms with E-state index >= 15 is 0 Å². The third-order valence-corrected chi connectivity index (χ3v) is 6.53. The van der Waals surface area contributed by atoms with E-state index in [0.29, 0.717) is 34.0 Å². The summed E-state index contributed by atoms with van der Waals surface area (Å²) in [5.74, 6) is 0.776. The maximum Gasteiger partial charge on any atom is 0.230 e. The molecule has 0 atom stereocenters. The van der Waals surface area contributed by atoms with Gasteiger partial charge in [-0.15, -0.1) is 10.2 Å². The lowest BCUT2D eigenvalue weighted by Crippen LogP contribution is -2.27. The normalized spacial score (nSPS) is 10.9. The summed E-state index contributed by atoms with van der Waals surface area (Å²) in [4.78, 5) is 16.7. The second-order valence-corrected chi connectivity index (χ2v) is 9.07. The maximum atomic E-state index is 12.4. The van der Waals surface area contributed by atoms with E-state index in [9.17, 15) is 4.79 Å². The number of carbonyl (C=O) groups excluding carboxylic acids is 1. The van der Waals surface area contributed by atoms with Crippen LogP contribution in [0.2, 0.25) is 10.0 Å². The summed E-state index contributed by atoms with van der Waals surface area (Å²) in [7, 11) is 0. The number of amides is 1.